The van der Waals surface area contributed by atoms with E-state index in [1.807, 2.05) is 19.1 Å². The zero-order valence-corrected chi connectivity index (χ0v) is 25.5. The van der Waals surface area contributed by atoms with Crippen LogP contribution in [0.25, 0.3) is 27.8 Å². The average molecular weight is 573 g/mol. The number of unbranched alkanes of at least 4 members (excludes halogenated alkanes) is 3. The molecule has 0 spiro atoms. The Kier molecular flexibility index (Phi) is 10.6. The Morgan fingerprint density at radius 2 is 1.31 bits per heavy atom. The SMILES string of the molecule is CCCCCC1CCC(C2CC=C(c3ccc(-c4ccc(-c5ccc(CCCC)c(F)c5F)cc4)c(F)c3)CC2)CC1. The molecule has 0 aromatic heterocycles. The Labute approximate surface area is 251 Å². The van der Waals surface area contributed by atoms with Crippen LogP contribution in [-0.4, -0.2) is 0 Å². The first-order valence-electron chi connectivity index (χ1n) is 16.5. The highest BCUT2D eigenvalue weighted by Crippen LogP contribution is 2.42. The summed E-state index contributed by atoms with van der Waals surface area (Å²) in [6.07, 6.45) is 19.1. The van der Waals surface area contributed by atoms with Crippen molar-refractivity contribution in [1.29, 1.82) is 0 Å². The van der Waals surface area contributed by atoms with Crippen LogP contribution < -0.4 is 0 Å². The molecule has 3 aromatic carbocycles. The molecule has 1 unspecified atom stereocenters. The van der Waals surface area contributed by atoms with Gasteiger partial charge in [-0.2, -0.15) is 0 Å². The maximum absolute atomic E-state index is 15.4. The molecule has 2 aliphatic carbocycles. The molecule has 1 atom stereocenters. The molecule has 0 saturated heterocycles. The zero-order chi connectivity index (χ0) is 29.5. The molecule has 0 nitrogen and oxygen atoms in total. The van der Waals surface area contributed by atoms with E-state index in [4.69, 9.17) is 0 Å². The Balaban J connectivity index is 1.20. The first-order valence-corrected chi connectivity index (χ1v) is 16.5. The second-order valence-corrected chi connectivity index (χ2v) is 12.8. The number of aryl methyl sites for hydroxylation is 1. The number of rotatable bonds is 11. The van der Waals surface area contributed by atoms with E-state index in [9.17, 15) is 8.78 Å². The van der Waals surface area contributed by atoms with E-state index in [0.29, 0.717) is 23.1 Å². The average Bonchev–Trinajstić information content (AvgIpc) is 3.02. The lowest BCUT2D eigenvalue weighted by molar-refractivity contribution is 0.187. The van der Waals surface area contributed by atoms with E-state index in [0.717, 1.165) is 54.6 Å². The fourth-order valence-corrected chi connectivity index (χ4v) is 7.33. The number of hydrogen-bond acceptors (Lipinski definition) is 0. The van der Waals surface area contributed by atoms with Crippen molar-refractivity contribution in [2.45, 2.75) is 104 Å². The number of benzene rings is 3. The van der Waals surface area contributed by atoms with Crippen molar-refractivity contribution >= 4 is 5.57 Å². The van der Waals surface area contributed by atoms with E-state index in [1.54, 1.807) is 42.5 Å². The zero-order valence-electron chi connectivity index (χ0n) is 25.5. The van der Waals surface area contributed by atoms with Crippen molar-refractivity contribution in [3.63, 3.8) is 0 Å². The van der Waals surface area contributed by atoms with Gasteiger partial charge in [0.25, 0.3) is 0 Å². The molecule has 3 heteroatoms. The molecule has 2 aliphatic rings. The van der Waals surface area contributed by atoms with Crippen molar-refractivity contribution in [1.82, 2.24) is 0 Å². The summed E-state index contributed by atoms with van der Waals surface area (Å²) < 4.78 is 44.8. The Morgan fingerprint density at radius 1 is 0.643 bits per heavy atom. The third-order valence-corrected chi connectivity index (χ3v) is 10.0. The quantitative estimate of drug-likeness (QED) is 0.200. The minimum atomic E-state index is -0.815. The third kappa shape index (κ3) is 7.21. The normalized spacial score (nSPS) is 20.9. The lowest BCUT2D eigenvalue weighted by atomic mass is 9.70. The van der Waals surface area contributed by atoms with Crippen molar-refractivity contribution in [3.8, 4) is 22.3 Å². The smallest absolute Gasteiger partial charge is 0.166 e. The highest BCUT2D eigenvalue weighted by molar-refractivity contribution is 5.74. The largest absolute Gasteiger partial charge is 0.206 e. The summed E-state index contributed by atoms with van der Waals surface area (Å²) in [6.45, 7) is 4.32. The van der Waals surface area contributed by atoms with Crippen LogP contribution in [0, 0.1) is 35.2 Å². The van der Waals surface area contributed by atoms with Gasteiger partial charge < -0.3 is 0 Å². The van der Waals surface area contributed by atoms with Crippen molar-refractivity contribution < 1.29 is 13.2 Å². The summed E-state index contributed by atoms with van der Waals surface area (Å²) >= 11 is 0. The van der Waals surface area contributed by atoms with E-state index < -0.39 is 11.6 Å². The molecule has 5 rings (SSSR count). The van der Waals surface area contributed by atoms with Gasteiger partial charge in [0.15, 0.2) is 11.6 Å². The van der Waals surface area contributed by atoms with Crippen molar-refractivity contribution in [2.75, 3.05) is 0 Å². The summed E-state index contributed by atoms with van der Waals surface area (Å²) in [5, 5.41) is 0. The second-order valence-electron chi connectivity index (χ2n) is 12.8. The minimum absolute atomic E-state index is 0.234. The number of halogens is 3. The van der Waals surface area contributed by atoms with Crippen LogP contribution >= 0.6 is 0 Å². The molecule has 0 radical (unpaired) electrons. The Morgan fingerprint density at radius 3 is 1.95 bits per heavy atom. The molecule has 0 aliphatic heterocycles. The van der Waals surface area contributed by atoms with Gasteiger partial charge in [-0.15, -0.1) is 0 Å². The molecular formula is C39H47F3. The highest BCUT2D eigenvalue weighted by Gasteiger charge is 2.28. The van der Waals surface area contributed by atoms with Crippen LogP contribution in [0.5, 0.6) is 0 Å². The Hall–Kier alpha value is -2.81. The maximum Gasteiger partial charge on any atom is 0.166 e. The summed E-state index contributed by atoms with van der Waals surface area (Å²) in [7, 11) is 0. The predicted octanol–water partition coefficient (Wildman–Crippen LogP) is 12.4. The van der Waals surface area contributed by atoms with Crippen LogP contribution in [0.15, 0.2) is 60.7 Å². The molecule has 224 valence electrons. The van der Waals surface area contributed by atoms with E-state index >= 15 is 4.39 Å². The lowest BCUT2D eigenvalue weighted by Crippen LogP contribution is -2.23. The van der Waals surface area contributed by atoms with Gasteiger partial charge in [-0.25, -0.2) is 13.2 Å². The van der Waals surface area contributed by atoms with Crippen LogP contribution in [0.2, 0.25) is 0 Å². The van der Waals surface area contributed by atoms with E-state index in [2.05, 4.69) is 13.0 Å². The standard InChI is InChI=1S/C39H47F3/c1-3-5-7-8-27-10-12-28(13-11-27)29-14-16-30(17-15-29)34-23-24-35(37(40)26-34)31-18-20-32(21-19-31)36-25-22-33(9-6-4-2)38(41)39(36)42/h16,18-29H,3-15,17H2,1-2H3. The predicted molar refractivity (Wildman–Crippen MR) is 171 cm³/mol. The number of hydrogen-bond donors (Lipinski definition) is 0. The van der Waals surface area contributed by atoms with E-state index in [-0.39, 0.29) is 11.4 Å². The molecule has 0 amide bonds. The van der Waals surface area contributed by atoms with Crippen molar-refractivity contribution in [2.24, 2.45) is 17.8 Å². The van der Waals surface area contributed by atoms with Crippen LogP contribution in [0.1, 0.15) is 108 Å². The van der Waals surface area contributed by atoms with Gasteiger partial charge >= 0.3 is 0 Å². The fraction of sp³-hybridized carbons (Fsp3) is 0.487. The first-order chi connectivity index (χ1) is 20.5. The summed E-state index contributed by atoms with van der Waals surface area (Å²) in [5.41, 5.74) is 4.73. The van der Waals surface area contributed by atoms with Gasteiger partial charge in [-0.05, 0) is 96.6 Å². The van der Waals surface area contributed by atoms with Crippen LogP contribution in [-0.2, 0) is 6.42 Å². The van der Waals surface area contributed by atoms with Gasteiger partial charge in [0.2, 0.25) is 0 Å². The summed E-state index contributed by atoms with van der Waals surface area (Å²) in [6, 6.07) is 16.0. The lowest BCUT2D eigenvalue weighted by Gasteiger charge is -2.35. The number of allylic oxidation sites excluding steroid dienone is 2. The van der Waals surface area contributed by atoms with Gasteiger partial charge in [0.05, 0.1) is 0 Å². The summed E-state index contributed by atoms with van der Waals surface area (Å²) in [5.74, 6) is 0.758. The minimum Gasteiger partial charge on any atom is -0.206 e. The molecule has 0 bridgehead atoms. The van der Waals surface area contributed by atoms with Crippen LogP contribution in [0.3, 0.4) is 0 Å². The van der Waals surface area contributed by atoms with Gasteiger partial charge in [-0.3, -0.25) is 0 Å². The van der Waals surface area contributed by atoms with Gasteiger partial charge in [-0.1, -0.05) is 113 Å². The van der Waals surface area contributed by atoms with Crippen molar-refractivity contribution in [3.05, 3.63) is 89.3 Å². The molecule has 3 aromatic rings. The topological polar surface area (TPSA) is 0 Å². The van der Waals surface area contributed by atoms with Gasteiger partial charge in [0.1, 0.15) is 5.82 Å². The fourth-order valence-electron chi connectivity index (χ4n) is 7.33. The molecule has 1 fully saturated rings. The highest BCUT2D eigenvalue weighted by atomic mass is 19.2. The molecule has 1 saturated carbocycles. The second kappa shape index (κ2) is 14.6. The third-order valence-electron chi connectivity index (χ3n) is 10.0. The van der Waals surface area contributed by atoms with Gasteiger partial charge in [0, 0.05) is 11.1 Å². The monoisotopic (exact) mass is 572 g/mol. The van der Waals surface area contributed by atoms with Crippen LogP contribution in [0.4, 0.5) is 13.2 Å². The summed E-state index contributed by atoms with van der Waals surface area (Å²) in [4.78, 5) is 0. The molecule has 0 heterocycles. The van der Waals surface area contributed by atoms with E-state index in [1.165, 1.54) is 63.4 Å². The Bertz CT molecular complexity index is 1340. The maximum atomic E-state index is 15.4. The molecule has 0 N–H and O–H groups in total. The first kappa shape index (κ1) is 30.6. The molecular weight excluding hydrogens is 525 g/mol. The molecule has 42 heavy (non-hydrogen) atoms.